The van der Waals surface area contributed by atoms with Crippen molar-refractivity contribution in [3.8, 4) is 0 Å². The lowest BCUT2D eigenvalue weighted by Crippen LogP contribution is -2.48. The fraction of sp³-hybridized carbons (Fsp3) is 0.846. The Kier molecular flexibility index (Phi) is 5.34. The summed E-state index contributed by atoms with van der Waals surface area (Å²) in [6, 6.07) is 0.670. The van der Waals surface area contributed by atoms with E-state index < -0.39 is 9.84 Å². The van der Waals surface area contributed by atoms with Crippen LogP contribution in [0.15, 0.2) is 12.2 Å². The molecule has 1 saturated heterocycles. The first-order chi connectivity index (χ1) is 9.03. The Hall–Kier alpha value is -0.0400. The van der Waals surface area contributed by atoms with Crippen molar-refractivity contribution < 1.29 is 8.42 Å². The molecule has 0 aromatic carbocycles. The zero-order chi connectivity index (χ0) is 13.9. The maximum atomic E-state index is 12.1. The van der Waals surface area contributed by atoms with Crippen molar-refractivity contribution in [1.29, 1.82) is 0 Å². The van der Waals surface area contributed by atoms with Crippen LogP contribution in [0, 0.1) is 0 Å². The van der Waals surface area contributed by atoms with Gasteiger partial charge in [0.25, 0.3) is 0 Å². The molecule has 1 saturated carbocycles. The molecule has 1 heterocycles. The van der Waals surface area contributed by atoms with Crippen molar-refractivity contribution in [2.45, 2.75) is 31.2 Å². The van der Waals surface area contributed by atoms with E-state index in [1.807, 2.05) is 0 Å². The molecule has 0 spiro atoms. The van der Waals surface area contributed by atoms with E-state index in [1.54, 1.807) is 18.7 Å². The molecule has 6 heteroatoms. The van der Waals surface area contributed by atoms with E-state index in [9.17, 15) is 8.42 Å². The zero-order valence-electron chi connectivity index (χ0n) is 11.6. The van der Waals surface area contributed by atoms with Crippen LogP contribution in [-0.2, 0) is 9.84 Å². The van der Waals surface area contributed by atoms with Crippen LogP contribution < -0.4 is 5.32 Å². The first-order valence-electron chi connectivity index (χ1n) is 6.96. The van der Waals surface area contributed by atoms with E-state index in [0.717, 1.165) is 24.4 Å². The van der Waals surface area contributed by atoms with Crippen molar-refractivity contribution in [3.63, 3.8) is 0 Å². The Morgan fingerprint density at radius 1 is 1.47 bits per heavy atom. The van der Waals surface area contributed by atoms with Crippen molar-refractivity contribution in [3.05, 3.63) is 12.2 Å². The standard InChI is InChI=1S/C13H24N2O2S2/c1-3-19(16,17)13-10-18-7-6-15(13)9-11(2)8-14-12-4-5-12/h12-14H,2-10H2,1H3. The van der Waals surface area contributed by atoms with Gasteiger partial charge in [-0.3, -0.25) is 4.90 Å². The molecule has 2 rings (SSSR count). The van der Waals surface area contributed by atoms with Gasteiger partial charge in [-0.25, -0.2) is 8.42 Å². The molecule has 1 atom stereocenters. The highest BCUT2D eigenvalue weighted by atomic mass is 32.2. The second-order valence-corrected chi connectivity index (χ2v) is 8.95. The fourth-order valence-corrected chi connectivity index (χ4v) is 5.32. The molecule has 0 aromatic rings. The minimum Gasteiger partial charge on any atom is -0.310 e. The lowest BCUT2D eigenvalue weighted by atomic mass is 10.2. The minimum atomic E-state index is -2.99. The Labute approximate surface area is 120 Å². The fourth-order valence-electron chi connectivity index (χ4n) is 2.24. The molecule has 2 fully saturated rings. The summed E-state index contributed by atoms with van der Waals surface area (Å²) in [7, 11) is -2.99. The van der Waals surface area contributed by atoms with Crippen LogP contribution in [-0.4, -0.2) is 61.6 Å². The third-order valence-electron chi connectivity index (χ3n) is 3.65. The third kappa shape index (κ3) is 4.48. The van der Waals surface area contributed by atoms with Gasteiger partial charge in [0.2, 0.25) is 0 Å². The van der Waals surface area contributed by atoms with Gasteiger partial charge in [-0.05, 0) is 18.4 Å². The smallest absolute Gasteiger partial charge is 0.166 e. The monoisotopic (exact) mass is 304 g/mol. The Balaban J connectivity index is 1.89. The van der Waals surface area contributed by atoms with Gasteiger partial charge in [-0.15, -0.1) is 0 Å². The average molecular weight is 304 g/mol. The van der Waals surface area contributed by atoms with Gasteiger partial charge in [0.1, 0.15) is 5.37 Å². The lowest BCUT2D eigenvalue weighted by molar-refractivity contribution is 0.290. The quantitative estimate of drug-likeness (QED) is 0.714. The molecule has 1 unspecified atom stereocenters. The number of sulfone groups is 1. The summed E-state index contributed by atoms with van der Waals surface area (Å²) in [6.07, 6.45) is 2.53. The second-order valence-electron chi connectivity index (χ2n) is 5.36. The van der Waals surface area contributed by atoms with E-state index in [1.165, 1.54) is 12.8 Å². The SMILES string of the molecule is C=C(CNC1CC1)CN1CCSCC1S(=O)(=O)CC. The highest BCUT2D eigenvalue weighted by Gasteiger charge is 2.32. The number of hydrogen-bond acceptors (Lipinski definition) is 5. The molecule has 0 bridgehead atoms. The Bertz CT molecular complexity index is 418. The van der Waals surface area contributed by atoms with E-state index in [0.29, 0.717) is 18.3 Å². The number of rotatable bonds is 7. The normalized spacial score (nSPS) is 25.4. The van der Waals surface area contributed by atoms with Crippen LogP contribution in [0.2, 0.25) is 0 Å². The van der Waals surface area contributed by atoms with Gasteiger partial charge in [0, 0.05) is 42.9 Å². The molecular formula is C13H24N2O2S2. The van der Waals surface area contributed by atoms with Gasteiger partial charge in [-0.1, -0.05) is 13.5 Å². The summed E-state index contributed by atoms with van der Waals surface area (Å²) in [4.78, 5) is 2.09. The van der Waals surface area contributed by atoms with Gasteiger partial charge >= 0.3 is 0 Å². The van der Waals surface area contributed by atoms with Crippen LogP contribution in [0.5, 0.6) is 0 Å². The number of nitrogens with zero attached hydrogens (tertiary/aromatic N) is 1. The first kappa shape index (κ1) is 15.4. The average Bonchev–Trinajstić information content (AvgIpc) is 3.21. The van der Waals surface area contributed by atoms with Crippen LogP contribution >= 0.6 is 11.8 Å². The van der Waals surface area contributed by atoms with Crippen LogP contribution in [0.4, 0.5) is 0 Å². The summed E-state index contributed by atoms with van der Waals surface area (Å²) >= 11 is 1.74. The van der Waals surface area contributed by atoms with Crippen molar-refractivity contribution in [2.24, 2.45) is 0 Å². The predicted molar refractivity (Wildman–Crippen MR) is 82.3 cm³/mol. The molecule has 1 N–H and O–H groups in total. The molecule has 1 aliphatic carbocycles. The molecule has 0 radical (unpaired) electrons. The van der Waals surface area contributed by atoms with Gasteiger partial charge in [0.15, 0.2) is 9.84 Å². The van der Waals surface area contributed by atoms with Crippen LogP contribution in [0.25, 0.3) is 0 Å². The maximum Gasteiger partial charge on any atom is 0.166 e. The van der Waals surface area contributed by atoms with E-state index in [4.69, 9.17) is 0 Å². The van der Waals surface area contributed by atoms with Crippen molar-refractivity contribution in [1.82, 2.24) is 10.2 Å². The molecule has 4 nitrogen and oxygen atoms in total. The summed E-state index contributed by atoms with van der Waals surface area (Å²) in [5.74, 6) is 1.93. The minimum absolute atomic E-state index is 0.224. The number of hydrogen-bond donors (Lipinski definition) is 1. The summed E-state index contributed by atoms with van der Waals surface area (Å²) < 4.78 is 24.2. The summed E-state index contributed by atoms with van der Waals surface area (Å²) in [6.45, 7) is 8.17. The molecule has 1 aliphatic heterocycles. The molecular weight excluding hydrogens is 280 g/mol. The van der Waals surface area contributed by atoms with Crippen molar-refractivity contribution in [2.75, 3.05) is 36.9 Å². The van der Waals surface area contributed by atoms with Crippen molar-refractivity contribution >= 4 is 21.6 Å². The number of thioether (sulfide) groups is 1. The largest absolute Gasteiger partial charge is 0.310 e. The van der Waals surface area contributed by atoms with Crippen LogP contribution in [0.3, 0.4) is 0 Å². The zero-order valence-corrected chi connectivity index (χ0v) is 13.2. The summed E-state index contributed by atoms with van der Waals surface area (Å²) in [5.41, 5.74) is 1.09. The molecule has 0 amide bonds. The lowest BCUT2D eigenvalue weighted by Gasteiger charge is -2.35. The topological polar surface area (TPSA) is 49.4 Å². The Morgan fingerprint density at radius 2 is 2.21 bits per heavy atom. The van der Waals surface area contributed by atoms with E-state index in [-0.39, 0.29) is 11.1 Å². The molecule has 0 aromatic heterocycles. The highest BCUT2D eigenvalue weighted by Crippen LogP contribution is 2.22. The van der Waals surface area contributed by atoms with Crippen LogP contribution in [0.1, 0.15) is 19.8 Å². The maximum absolute atomic E-state index is 12.1. The molecule has 110 valence electrons. The van der Waals surface area contributed by atoms with Gasteiger partial charge in [0.05, 0.1) is 0 Å². The first-order valence-corrected chi connectivity index (χ1v) is 9.83. The molecule has 19 heavy (non-hydrogen) atoms. The third-order valence-corrected chi connectivity index (χ3v) is 6.98. The highest BCUT2D eigenvalue weighted by molar-refractivity contribution is 8.01. The summed E-state index contributed by atoms with van der Waals surface area (Å²) in [5, 5.41) is 3.11. The predicted octanol–water partition coefficient (Wildman–Crippen LogP) is 1.10. The molecule has 2 aliphatic rings. The van der Waals surface area contributed by atoms with Gasteiger partial charge in [-0.2, -0.15) is 11.8 Å². The van der Waals surface area contributed by atoms with Gasteiger partial charge < -0.3 is 5.32 Å². The Morgan fingerprint density at radius 3 is 2.84 bits per heavy atom. The van der Waals surface area contributed by atoms with E-state index in [2.05, 4.69) is 16.8 Å². The number of nitrogens with one attached hydrogen (secondary N) is 1. The van der Waals surface area contributed by atoms with E-state index >= 15 is 0 Å². The second kappa shape index (κ2) is 6.61.